The lowest BCUT2D eigenvalue weighted by Gasteiger charge is -2.06. The molecule has 0 aromatic carbocycles. The van der Waals surface area contributed by atoms with Crippen molar-refractivity contribution in [3.05, 3.63) is 0 Å². The van der Waals surface area contributed by atoms with Gasteiger partial charge in [-0.05, 0) is 0 Å². The van der Waals surface area contributed by atoms with Crippen LogP contribution in [0.3, 0.4) is 0 Å². The van der Waals surface area contributed by atoms with Crippen LogP contribution in [0.4, 0.5) is 0 Å². The van der Waals surface area contributed by atoms with E-state index in [9.17, 15) is 19.2 Å². The quantitative estimate of drug-likeness (QED) is 0.421. The molecule has 0 amide bonds. The number of rotatable bonds is 2. The molecule has 0 spiro atoms. The Bertz CT molecular complexity index is 189. The summed E-state index contributed by atoms with van der Waals surface area (Å²) in [5.74, 6) is -0.220. The van der Waals surface area contributed by atoms with Gasteiger partial charge in [0.25, 0.3) is 0 Å². The number of ether oxygens (including phenoxy) is 1. The number of carbonyl (C=O) groups is 4. The molecule has 0 unspecified atom stereocenters. The minimum atomic E-state index is -0.110. The number of hydrogen-bond donors (Lipinski definition) is 0. The van der Waals surface area contributed by atoms with Crippen molar-refractivity contribution in [1.29, 1.82) is 0 Å². The summed E-state index contributed by atoms with van der Waals surface area (Å²) < 4.78 is 4.59. The first-order chi connectivity index (χ1) is 6.20. The molecule has 0 bridgehead atoms. The Kier molecular flexibility index (Phi) is 6.53. The first kappa shape index (κ1) is 11.6. The van der Waals surface area contributed by atoms with Gasteiger partial charge in [-0.25, -0.2) is 0 Å². The first-order valence-corrected chi connectivity index (χ1v) is 3.69. The van der Waals surface area contributed by atoms with Gasteiger partial charge in [-0.1, -0.05) is 0 Å². The van der Waals surface area contributed by atoms with Gasteiger partial charge in [0.1, 0.15) is 25.8 Å². The summed E-state index contributed by atoms with van der Waals surface area (Å²) in [6, 6.07) is 0. The molecule has 1 rings (SSSR count). The Morgan fingerprint density at radius 2 is 1.54 bits per heavy atom. The molecule has 13 heavy (non-hydrogen) atoms. The van der Waals surface area contributed by atoms with E-state index in [4.69, 9.17) is 0 Å². The highest BCUT2D eigenvalue weighted by Gasteiger charge is 2.15. The van der Waals surface area contributed by atoms with Crippen molar-refractivity contribution in [2.45, 2.75) is 12.8 Å². The molecule has 0 atom stereocenters. The van der Waals surface area contributed by atoms with Crippen molar-refractivity contribution in [2.24, 2.45) is 0 Å². The van der Waals surface area contributed by atoms with Crippen LogP contribution in [-0.4, -0.2) is 37.4 Å². The second-order valence-electron chi connectivity index (χ2n) is 2.32. The van der Waals surface area contributed by atoms with E-state index in [0.29, 0.717) is 12.6 Å². The molecule has 5 nitrogen and oxygen atoms in total. The summed E-state index contributed by atoms with van der Waals surface area (Å²) in [4.78, 5) is 39.0. The van der Waals surface area contributed by atoms with Crippen LogP contribution in [0.25, 0.3) is 0 Å². The molecule has 0 saturated carbocycles. The van der Waals surface area contributed by atoms with E-state index in [0.717, 1.165) is 0 Å². The molecular weight excluding hydrogens is 176 g/mol. The van der Waals surface area contributed by atoms with E-state index in [1.165, 1.54) is 0 Å². The largest absolute Gasteiger partial charge is 0.366 e. The lowest BCUT2D eigenvalue weighted by atomic mass is 10.2. The monoisotopic (exact) mass is 186 g/mol. The predicted molar refractivity (Wildman–Crippen MR) is 42.2 cm³/mol. The van der Waals surface area contributed by atoms with Gasteiger partial charge in [0.2, 0.25) is 0 Å². The van der Waals surface area contributed by atoms with Crippen LogP contribution in [0.5, 0.6) is 0 Å². The molecule has 0 aliphatic carbocycles. The normalized spacial score (nSPS) is 15.7. The summed E-state index contributed by atoms with van der Waals surface area (Å²) >= 11 is 0. The standard InChI is InChI=1S/C5H6O3.C3H4O2/c6-4-1-5(7)3-8-2-4;4-2-1-3-5/h1-3H2;2-3H,1H2. The minimum Gasteiger partial charge on any atom is -0.366 e. The van der Waals surface area contributed by atoms with Gasteiger partial charge in [0.05, 0.1) is 12.8 Å². The maximum atomic E-state index is 10.3. The fourth-order valence-electron chi connectivity index (χ4n) is 0.640. The highest BCUT2D eigenvalue weighted by Crippen LogP contribution is 1.95. The van der Waals surface area contributed by atoms with Crippen LogP contribution >= 0.6 is 0 Å². The Hall–Kier alpha value is -1.36. The fourth-order valence-corrected chi connectivity index (χ4v) is 0.640. The predicted octanol–water partition coefficient (Wildman–Crippen LogP) is -0.681. The van der Waals surface area contributed by atoms with E-state index < -0.39 is 0 Å². The zero-order chi connectivity index (χ0) is 10.1. The molecule has 1 aliphatic heterocycles. The molecule has 1 aliphatic rings. The van der Waals surface area contributed by atoms with Crippen LogP contribution in [0, 0.1) is 0 Å². The number of aldehydes is 2. The Morgan fingerprint density at radius 1 is 1.08 bits per heavy atom. The maximum absolute atomic E-state index is 10.3. The van der Waals surface area contributed by atoms with E-state index >= 15 is 0 Å². The van der Waals surface area contributed by atoms with Crippen LogP contribution in [0.2, 0.25) is 0 Å². The number of Topliss-reactive ketones (excluding diaryl/α,β-unsaturated/α-hetero) is 2. The van der Waals surface area contributed by atoms with Gasteiger partial charge < -0.3 is 14.3 Å². The molecule has 0 radical (unpaired) electrons. The van der Waals surface area contributed by atoms with Crippen molar-refractivity contribution < 1.29 is 23.9 Å². The third kappa shape index (κ3) is 7.02. The molecule has 72 valence electrons. The zero-order valence-corrected chi connectivity index (χ0v) is 7.02. The highest BCUT2D eigenvalue weighted by atomic mass is 16.5. The van der Waals surface area contributed by atoms with Crippen molar-refractivity contribution in [1.82, 2.24) is 0 Å². The molecule has 1 heterocycles. The number of hydrogen-bond acceptors (Lipinski definition) is 5. The Labute approximate surface area is 75.1 Å². The number of ketones is 2. The van der Waals surface area contributed by atoms with E-state index in [2.05, 4.69) is 4.74 Å². The van der Waals surface area contributed by atoms with Gasteiger partial charge in [0, 0.05) is 0 Å². The second-order valence-corrected chi connectivity index (χ2v) is 2.32. The van der Waals surface area contributed by atoms with Gasteiger partial charge in [-0.2, -0.15) is 0 Å². The van der Waals surface area contributed by atoms with Gasteiger partial charge in [0.15, 0.2) is 11.6 Å². The van der Waals surface area contributed by atoms with Gasteiger partial charge >= 0.3 is 0 Å². The van der Waals surface area contributed by atoms with Gasteiger partial charge in [-0.3, -0.25) is 9.59 Å². The Morgan fingerprint density at radius 3 is 1.69 bits per heavy atom. The van der Waals surface area contributed by atoms with Crippen molar-refractivity contribution in [2.75, 3.05) is 13.2 Å². The third-order valence-corrected chi connectivity index (χ3v) is 1.11. The van der Waals surface area contributed by atoms with E-state index in [1.54, 1.807) is 0 Å². The Balaban J connectivity index is 0.000000252. The molecule has 0 N–H and O–H groups in total. The van der Waals surface area contributed by atoms with Crippen LogP contribution < -0.4 is 0 Å². The second kappa shape index (κ2) is 7.30. The topological polar surface area (TPSA) is 77.5 Å². The van der Waals surface area contributed by atoms with Gasteiger partial charge in [-0.15, -0.1) is 0 Å². The summed E-state index contributed by atoms with van der Waals surface area (Å²) in [6.07, 6.45) is 1.22. The average molecular weight is 186 g/mol. The van der Waals surface area contributed by atoms with E-state index in [1.807, 2.05) is 0 Å². The molecular formula is C8H10O5. The molecule has 0 aromatic rings. The van der Waals surface area contributed by atoms with Crippen molar-refractivity contribution >= 4 is 24.1 Å². The first-order valence-electron chi connectivity index (χ1n) is 3.69. The third-order valence-electron chi connectivity index (χ3n) is 1.11. The fraction of sp³-hybridized carbons (Fsp3) is 0.500. The summed E-state index contributed by atoms with van der Waals surface area (Å²) in [5, 5.41) is 0. The van der Waals surface area contributed by atoms with Crippen molar-refractivity contribution in [3.8, 4) is 0 Å². The molecule has 1 fully saturated rings. The van der Waals surface area contributed by atoms with Crippen LogP contribution in [-0.2, 0) is 23.9 Å². The SMILES string of the molecule is O=C1COCC(=O)C1.O=CCC=O. The lowest BCUT2D eigenvalue weighted by Crippen LogP contribution is -2.24. The average Bonchev–Trinajstić information content (AvgIpc) is 2.06. The lowest BCUT2D eigenvalue weighted by molar-refractivity contribution is -0.138. The smallest absolute Gasteiger partial charge is 0.165 e. The summed E-state index contributed by atoms with van der Waals surface area (Å²) in [5.41, 5.74) is 0. The highest BCUT2D eigenvalue weighted by molar-refractivity contribution is 6.01. The minimum absolute atomic E-state index is 0.0278. The maximum Gasteiger partial charge on any atom is 0.165 e. The molecule has 0 aromatic heterocycles. The summed E-state index contributed by atoms with van der Waals surface area (Å²) in [6.45, 7) is 0.234. The molecule has 1 saturated heterocycles. The zero-order valence-electron chi connectivity index (χ0n) is 7.02. The number of carbonyl (C=O) groups excluding carboxylic acids is 4. The van der Waals surface area contributed by atoms with Crippen molar-refractivity contribution in [3.63, 3.8) is 0 Å². The molecule has 5 heteroatoms. The van der Waals surface area contributed by atoms with Crippen LogP contribution in [0.15, 0.2) is 0 Å². The summed E-state index contributed by atoms with van der Waals surface area (Å²) in [7, 11) is 0. The van der Waals surface area contributed by atoms with E-state index in [-0.39, 0.29) is 37.6 Å². The van der Waals surface area contributed by atoms with Crippen LogP contribution in [0.1, 0.15) is 12.8 Å².